The van der Waals surface area contributed by atoms with Crippen LogP contribution >= 0.6 is 22.6 Å². The summed E-state index contributed by atoms with van der Waals surface area (Å²) in [5.41, 5.74) is 0.141. The van der Waals surface area contributed by atoms with Gasteiger partial charge in [-0.25, -0.2) is 9.79 Å². The summed E-state index contributed by atoms with van der Waals surface area (Å²) in [6.45, 7) is 1.89. The average Bonchev–Trinajstić information content (AvgIpc) is 2.36. The molecular formula is C12H14IN3O4. The van der Waals surface area contributed by atoms with E-state index in [2.05, 4.69) is 4.99 Å². The largest absolute Gasteiger partial charge is 0.462 e. The van der Waals surface area contributed by atoms with Gasteiger partial charge in [-0.2, -0.15) is 0 Å². The van der Waals surface area contributed by atoms with Crippen LogP contribution in [0.4, 0.5) is 11.4 Å². The van der Waals surface area contributed by atoms with E-state index in [0.717, 1.165) is 0 Å². The number of carbonyl (C=O) groups excluding carboxylic acids is 1. The fraction of sp³-hybridized carbons (Fsp3) is 0.333. The Hall–Kier alpha value is -1.71. The second-order valence-electron chi connectivity index (χ2n) is 4.01. The van der Waals surface area contributed by atoms with Crippen LogP contribution in [0.3, 0.4) is 0 Å². The lowest BCUT2D eigenvalue weighted by atomic mass is 10.2. The number of rotatable bonds is 5. The van der Waals surface area contributed by atoms with E-state index in [0.29, 0.717) is 3.57 Å². The summed E-state index contributed by atoms with van der Waals surface area (Å²) in [6.07, 6.45) is 1.47. The molecule has 0 N–H and O–H groups in total. The van der Waals surface area contributed by atoms with E-state index in [1.807, 2.05) is 22.6 Å². The highest BCUT2D eigenvalue weighted by atomic mass is 127. The second kappa shape index (κ2) is 7.17. The normalized spacial score (nSPS) is 10.6. The van der Waals surface area contributed by atoms with E-state index in [4.69, 9.17) is 4.74 Å². The van der Waals surface area contributed by atoms with Crippen molar-refractivity contribution in [3.8, 4) is 0 Å². The Balaban J connectivity index is 3.33. The molecule has 0 aliphatic heterocycles. The number of ether oxygens (including phenoxy) is 1. The topological polar surface area (TPSA) is 85.0 Å². The number of hydrogen-bond acceptors (Lipinski definition) is 5. The third-order valence-corrected chi connectivity index (χ3v) is 2.99. The number of nitrogens with zero attached hydrogens (tertiary/aromatic N) is 3. The minimum atomic E-state index is -0.586. The van der Waals surface area contributed by atoms with Gasteiger partial charge in [0.05, 0.1) is 23.4 Å². The van der Waals surface area contributed by atoms with E-state index >= 15 is 0 Å². The van der Waals surface area contributed by atoms with Crippen LogP contribution in [0, 0.1) is 13.7 Å². The summed E-state index contributed by atoms with van der Waals surface area (Å²) in [5, 5.41) is 11.1. The van der Waals surface area contributed by atoms with Crippen molar-refractivity contribution in [3.63, 3.8) is 0 Å². The molecule has 0 unspecified atom stereocenters. The lowest BCUT2D eigenvalue weighted by Gasteiger charge is -2.07. The number of carbonyl (C=O) groups is 1. The highest BCUT2D eigenvalue weighted by Gasteiger charge is 2.21. The fourth-order valence-corrected chi connectivity index (χ4v) is 2.11. The molecule has 0 amide bonds. The van der Waals surface area contributed by atoms with Crippen molar-refractivity contribution in [2.45, 2.75) is 6.92 Å². The van der Waals surface area contributed by atoms with Crippen LogP contribution in [-0.2, 0) is 4.74 Å². The number of benzene rings is 1. The third kappa shape index (κ3) is 4.15. The number of nitro benzene ring substituents is 1. The van der Waals surface area contributed by atoms with Gasteiger partial charge >= 0.3 is 5.97 Å². The molecule has 0 radical (unpaired) electrons. The number of halogens is 1. The van der Waals surface area contributed by atoms with Crippen LogP contribution in [0.25, 0.3) is 0 Å². The molecule has 0 aliphatic carbocycles. The summed E-state index contributed by atoms with van der Waals surface area (Å²) in [4.78, 5) is 27.9. The zero-order chi connectivity index (χ0) is 15.3. The van der Waals surface area contributed by atoms with Crippen LogP contribution in [0.2, 0.25) is 0 Å². The SMILES string of the molecule is CCOC(=O)c1cc(I)c(N=CN(C)C)c([N+](=O)[O-])c1. The van der Waals surface area contributed by atoms with E-state index in [-0.39, 0.29) is 23.5 Å². The lowest BCUT2D eigenvalue weighted by molar-refractivity contribution is -0.384. The summed E-state index contributed by atoms with van der Waals surface area (Å²) in [5.74, 6) is -0.586. The quantitative estimate of drug-likeness (QED) is 0.192. The molecule has 0 saturated heterocycles. The molecule has 1 rings (SSSR count). The van der Waals surface area contributed by atoms with Crippen molar-refractivity contribution in [1.82, 2.24) is 4.90 Å². The molecule has 0 aromatic heterocycles. The molecular weight excluding hydrogens is 377 g/mol. The van der Waals surface area contributed by atoms with Crippen LogP contribution < -0.4 is 0 Å². The van der Waals surface area contributed by atoms with Gasteiger partial charge in [0.25, 0.3) is 5.69 Å². The fourth-order valence-electron chi connectivity index (χ4n) is 1.36. The van der Waals surface area contributed by atoms with Crippen LogP contribution in [0.15, 0.2) is 17.1 Å². The number of aliphatic imine (C=N–C) groups is 1. The minimum Gasteiger partial charge on any atom is -0.462 e. The zero-order valence-electron chi connectivity index (χ0n) is 11.3. The first-order valence-corrected chi connectivity index (χ1v) is 6.80. The average molecular weight is 391 g/mol. The third-order valence-electron chi connectivity index (χ3n) is 2.17. The number of esters is 1. The molecule has 0 fully saturated rings. The van der Waals surface area contributed by atoms with Gasteiger partial charge in [0.2, 0.25) is 0 Å². The maximum atomic E-state index is 11.7. The van der Waals surface area contributed by atoms with E-state index < -0.39 is 10.9 Å². The standard InChI is InChI=1S/C12H14IN3O4/c1-4-20-12(17)8-5-9(13)11(14-7-15(2)3)10(6-8)16(18)19/h5-7H,4H2,1-3H3. The minimum absolute atomic E-state index is 0.145. The van der Waals surface area contributed by atoms with E-state index in [1.165, 1.54) is 18.5 Å². The Morgan fingerprint density at radius 3 is 2.70 bits per heavy atom. The summed E-state index contributed by atoms with van der Waals surface area (Å²) >= 11 is 1.91. The van der Waals surface area contributed by atoms with Crippen molar-refractivity contribution in [1.29, 1.82) is 0 Å². The Morgan fingerprint density at radius 1 is 1.55 bits per heavy atom. The van der Waals surface area contributed by atoms with Gasteiger partial charge in [-0.1, -0.05) is 0 Å². The first kappa shape index (κ1) is 16.3. The van der Waals surface area contributed by atoms with Gasteiger partial charge in [0.15, 0.2) is 5.69 Å². The van der Waals surface area contributed by atoms with Crippen molar-refractivity contribution < 1.29 is 14.5 Å². The first-order chi connectivity index (χ1) is 9.36. The Bertz CT molecular complexity index is 558. The van der Waals surface area contributed by atoms with Crippen LogP contribution in [0.5, 0.6) is 0 Å². The lowest BCUT2D eigenvalue weighted by Crippen LogP contribution is -2.08. The Kier molecular flexibility index (Phi) is 5.86. The van der Waals surface area contributed by atoms with Crippen molar-refractivity contribution in [2.24, 2.45) is 4.99 Å². The van der Waals surface area contributed by atoms with Crippen molar-refractivity contribution in [3.05, 3.63) is 31.4 Å². The van der Waals surface area contributed by atoms with Gasteiger partial charge in [-0.3, -0.25) is 10.1 Å². The maximum absolute atomic E-state index is 11.7. The number of hydrogen-bond donors (Lipinski definition) is 0. The molecule has 20 heavy (non-hydrogen) atoms. The van der Waals surface area contributed by atoms with Crippen molar-refractivity contribution in [2.75, 3.05) is 20.7 Å². The first-order valence-electron chi connectivity index (χ1n) is 5.72. The molecule has 0 spiro atoms. The summed E-state index contributed by atoms with van der Waals surface area (Å²) < 4.78 is 5.36. The summed E-state index contributed by atoms with van der Waals surface area (Å²) in [7, 11) is 3.52. The molecule has 1 aromatic carbocycles. The van der Waals surface area contributed by atoms with Gasteiger partial charge in [0, 0.05) is 23.7 Å². The molecule has 0 aliphatic rings. The molecule has 0 heterocycles. The molecule has 0 bridgehead atoms. The summed E-state index contributed by atoms with van der Waals surface area (Å²) in [6, 6.07) is 2.70. The molecule has 7 nitrogen and oxygen atoms in total. The van der Waals surface area contributed by atoms with Crippen LogP contribution in [0.1, 0.15) is 17.3 Å². The highest BCUT2D eigenvalue weighted by Crippen LogP contribution is 2.34. The molecule has 0 saturated carbocycles. The highest BCUT2D eigenvalue weighted by molar-refractivity contribution is 14.1. The van der Waals surface area contributed by atoms with Gasteiger partial charge in [-0.05, 0) is 35.6 Å². The van der Waals surface area contributed by atoms with Crippen LogP contribution in [-0.4, -0.2) is 42.8 Å². The van der Waals surface area contributed by atoms with E-state index in [1.54, 1.807) is 25.9 Å². The van der Waals surface area contributed by atoms with Gasteiger partial charge in [0.1, 0.15) is 0 Å². The smallest absolute Gasteiger partial charge is 0.338 e. The van der Waals surface area contributed by atoms with Gasteiger partial charge in [-0.15, -0.1) is 0 Å². The van der Waals surface area contributed by atoms with Gasteiger partial charge < -0.3 is 9.64 Å². The number of nitro groups is 1. The Morgan fingerprint density at radius 2 is 2.20 bits per heavy atom. The van der Waals surface area contributed by atoms with E-state index in [9.17, 15) is 14.9 Å². The Labute approximate surface area is 129 Å². The predicted molar refractivity (Wildman–Crippen MR) is 83.6 cm³/mol. The molecule has 0 atom stereocenters. The zero-order valence-corrected chi connectivity index (χ0v) is 13.4. The van der Waals surface area contributed by atoms with Crippen molar-refractivity contribution >= 4 is 46.3 Å². The molecule has 8 heteroatoms. The maximum Gasteiger partial charge on any atom is 0.338 e. The monoisotopic (exact) mass is 391 g/mol. The second-order valence-corrected chi connectivity index (χ2v) is 5.17. The predicted octanol–water partition coefficient (Wildman–Crippen LogP) is 2.60. The molecule has 1 aromatic rings. The molecule has 108 valence electrons.